The van der Waals surface area contributed by atoms with E-state index in [1.165, 1.54) is 6.20 Å². The summed E-state index contributed by atoms with van der Waals surface area (Å²) in [5.41, 5.74) is 6.80. The second kappa shape index (κ2) is 6.56. The van der Waals surface area contributed by atoms with Crippen molar-refractivity contribution in [3.63, 3.8) is 0 Å². The maximum atomic E-state index is 11.2. The Bertz CT molecular complexity index is 704. The van der Waals surface area contributed by atoms with Crippen LogP contribution in [0.25, 0.3) is 0 Å². The van der Waals surface area contributed by atoms with Crippen LogP contribution in [0.4, 0.5) is 5.82 Å². The molecule has 0 bridgehead atoms. The van der Waals surface area contributed by atoms with Gasteiger partial charge in [0.2, 0.25) is 5.91 Å². The van der Waals surface area contributed by atoms with Crippen molar-refractivity contribution in [2.75, 3.05) is 31.6 Å². The minimum Gasteiger partial charge on any atom is -0.366 e. The number of hydrogen-bond acceptors (Lipinski definition) is 4. The maximum Gasteiger partial charge on any atom is 0.250 e. The van der Waals surface area contributed by atoms with Crippen LogP contribution in [-0.2, 0) is 0 Å². The fourth-order valence-electron chi connectivity index (χ4n) is 2.88. The summed E-state index contributed by atoms with van der Waals surface area (Å²) in [6.45, 7) is 2.58. The van der Waals surface area contributed by atoms with Gasteiger partial charge in [-0.25, -0.2) is 4.98 Å². The van der Waals surface area contributed by atoms with Crippen LogP contribution in [0.5, 0.6) is 0 Å². The molecule has 2 aromatic rings. The standard InChI is InChI=1S/C17H19ClN4O/c1-21-8-9-22(16-7-6-12(10-20-16)17(19)23)11-15(21)13-4-2-3-5-14(13)18/h2-7,10,15H,8-9,11H2,1H3,(H2,19,23). The zero-order valence-corrected chi connectivity index (χ0v) is 13.7. The van der Waals surface area contributed by atoms with Gasteiger partial charge in [-0.2, -0.15) is 0 Å². The van der Waals surface area contributed by atoms with E-state index in [-0.39, 0.29) is 6.04 Å². The van der Waals surface area contributed by atoms with Gasteiger partial charge in [-0.05, 0) is 30.8 Å². The fraction of sp³-hybridized carbons (Fsp3) is 0.294. The topological polar surface area (TPSA) is 62.5 Å². The Hall–Kier alpha value is -2.11. The molecule has 1 saturated heterocycles. The molecule has 1 unspecified atom stereocenters. The largest absolute Gasteiger partial charge is 0.366 e. The van der Waals surface area contributed by atoms with Crippen molar-refractivity contribution >= 4 is 23.3 Å². The molecule has 3 rings (SSSR count). The third kappa shape index (κ3) is 3.30. The molecule has 1 aliphatic heterocycles. The van der Waals surface area contributed by atoms with Crippen LogP contribution in [0.3, 0.4) is 0 Å². The van der Waals surface area contributed by atoms with Gasteiger partial charge in [0.15, 0.2) is 0 Å². The van der Waals surface area contributed by atoms with Crippen molar-refractivity contribution in [3.8, 4) is 0 Å². The highest BCUT2D eigenvalue weighted by Gasteiger charge is 2.27. The van der Waals surface area contributed by atoms with Crippen molar-refractivity contribution in [2.45, 2.75) is 6.04 Å². The van der Waals surface area contributed by atoms with Crippen molar-refractivity contribution < 1.29 is 4.79 Å². The molecule has 1 aromatic heterocycles. The van der Waals surface area contributed by atoms with Crippen LogP contribution in [0.15, 0.2) is 42.6 Å². The number of anilines is 1. The maximum absolute atomic E-state index is 11.2. The molecule has 0 radical (unpaired) electrons. The second-order valence-electron chi connectivity index (χ2n) is 5.73. The van der Waals surface area contributed by atoms with E-state index in [0.717, 1.165) is 36.0 Å². The lowest BCUT2D eigenvalue weighted by molar-refractivity contribution is 0.1000. The molecular formula is C17H19ClN4O. The average Bonchev–Trinajstić information content (AvgIpc) is 2.56. The predicted octanol–water partition coefficient (Wildman–Crippen LogP) is 2.33. The van der Waals surface area contributed by atoms with Crippen molar-refractivity contribution in [1.29, 1.82) is 0 Å². The first-order valence-electron chi connectivity index (χ1n) is 7.51. The first-order chi connectivity index (χ1) is 11.1. The van der Waals surface area contributed by atoms with E-state index in [0.29, 0.717) is 5.56 Å². The number of amides is 1. The normalized spacial score (nSPS) is 18.9. The van der Waals surface area contributed by atoms with E-state index in [1.54, 1.807) is 6.07 Å². The van der Waals surface area contributed by atoms with Crippen molar-refractivity contribution in [2.24, 2.45) is 5.73 Å². The molecule has 6 heteroatoms. The molecule has 2 heterocycles. The summed E-state index contributed by atoms with van der Waals surface area (Å²) in [4.78, 5) is 20.0. The number of aromatic nitrogens is 1. The lowest BCUT2D eigenvalue weighted by Gasteiger charge is -2.40. The van der Waals surface area contributed by atoms with Gasteiger partial charge in [-0.15, -0.1) is 0 Å². The summed E-state index contributed by atoms with van der Waals surface area (Å²) < 4.78 is 0. The van der Waals surface area contributed by atoms with Crippen LogP contribution in [0, 0.1) is 0 Å². The van der Waals surface area contributed by atoms with Crippen molar-refractivity contribution in [3.05, 3.63) is 58.7 Å². The number of carbonyl (C=O) groups excluding carboxylic acids is 1. The summed E-state index contributed by atoms with van der Waals surface area (Å²) in [7, 11) is 2.11. The van der Waals surface area contributed by atoms with E-state index in [1.807, 2.05) is 24.3 Å². The zero-order valence-electron chi connectivity index (χ0n) is 12.9. The van der Waals surface area contributed by atoms with Gasteiger partial charge in [-0.3, -0.25) is 9.69 Å². The Kier molecular flexibility index (Phi) is 4.50. The number of benzene rings is 1. The van der Waals surface area contributed by atoms with Crippen LogP contribution in [0.1, 0.15) is 22.0 Å². The van der Waals surface area contributed by atoms with Crippen LogP contribution >= 0.6 is 11.6 Å². The number of primary amides is 1. The van der Waals surface area contributed by atoms with Gasteiger partial charge in [0.1, 0.15) is 5.82 Å². The smallest absolute Gasteiger partial charge is 0.250 e. The average molecular weight is 331 g/mol. The molecule has 120 valence electrons. The van der Waals surface area contributed by atoms with Gasteiger partial charge in [0, 0.05) is 30.9 Å². The molecule has 1 amide bonds. The van der Waals surface area contributed by atoms with Crippen LogP contribution < -0.4 is 10.6 Å². The molecule has 1 atom stereocenters. The molecule has 5 nitrogen and oxygen atoms in total. The fourth-order valence-corrected chi connectivity index (χ4v) is 3.14. The van der Waals surface area contributed by atoms with Gasteiger partial charge in [0.25, 0.3) is 0 Å². The first kappa shape index (κ1) is 15.8. The Morgan fingerprint density at radius 2 is 2.04 bits per heavy atom. The Morgan fingerprint density at radius 3 is 2.70 bits per heavy atom. The molecule has 1 fully saturated rings. The highest BCUT2D eigenvalue weighted by atomic mass is 35.5. The summed E-state index contributed by atoms with van der Waals surface area (Å²) in [5, 5.41) is 0.781. The summed E-state index contributed by atoms with van der Waals surface area (Å²) in [5.74, 6) is 0.386. The minimum absolute atomic E-state index is 0.204. The number of halogens is 1. The molecule has 0 spiro atoms. The van der Waals surface area contributed by atoms with Crippen molar-refractivity contribution in [1.82, 2.24) is 9.88 Å². The summed E-state index contributed by atoms with van der Waals surface area (Å²) >= 11 is 6.36. The predicted molar refractivity (Wildman–Crippen MR) is 91.8 cm³/mol. The van der Waals surface area contributed by atoms with E-state index in [2.05, 4.69) is 27.9 Å². The quantitative estimate of drug-likeness (QED) is 0.938. The number of hydrogen-bond donors (Lipinski definition) is 1. The minimum atomic E-state index is -0.462. The molecule has 1 aromatic carbocycles. The molecule has 1 aliphatic rings. The Morgan fingerprint density at radius 1 is 1.26 bits per heavy atom. The Balaban J connectivity index is 1.83. The number of nitrogens with zero attached hydrogens (tertiary/aromatic N) is 3. The number of carbonyl (C=O) groups is 1. The molecular weight excluding hydrogens is 312 g/mol. The first-order valence-corrected chi connectivity index (χ1v) is 7.89. The molecule has 0 aliphatic carbocycles. The molecule has 23 heavy (non-hydrogen) atoms. The zero-order chi connectivity index (χ0) is 16.4. The van der Waals surface area contributed by atoms with Crippen LogP contribution in [0.2, 0.25) is 5.02 Å². The third-order valence-electron chi connectivity index (χ3n) is 4.27. The molecule has 0 saturated carbocycles. The van der Waals surface area contributed by atoms with Crippen LogP contribution in [-0.4, -0.2) is 42.5 Å². The number of nitrogens with two attached hydrogens (primary N) is 1. The number of likely N-dealkylation sites (N-methyl/N-ethyl adjacent to an activating group) is 1. The second-order valence-corrected chi connectivity index (χ2v) is 6.14. The monoisotopic (exact) mass is 330 g/mol. The lowest BCUT2D eigenvalue weighted by Crippen LogP contribution is -2.47. The number of pyridine rings is 1. The van der Waals surface area contributed by atoms with E-state index in [9.17, 15) is 4.79 Å². The van der Waals surface area contributed by atoms with Gasteiger partial charge < -0.3 is 10.6 Å². The van der Waals surface area contributed by atoms with Gasteiger partial charge in [0.05, 0.1) is 11.6 Å². The summed E-state index contributed by atoms with van der Waals surface area (Å²) in [6, 6.07) is 11.7. The highest BCUT2D eigenvalue weighted by molar-refractivity contribution is 6.31. The van der Waals surface area contributed by atoms with E-state index >= 15 is 0 Å². The van der Waals surface area contributed by atoms with E-state index in [4.69, 9.17) is 17.3 Å². The number of piperazine rings is 1. The third-order valence-corrected chi connectivity index (χ3v) is 4.61. The lowest BCUT2D eigenvalue weighted by atomic mass is 10.0. The van der Waals surface area contributed by atoms with Gasteiger partial charge >= 0.3 is 0 Å². The van der Waals surface area contributed by atoms with Gasteiger partial charge in [-0.1, -0.05) is 29.8 Å². The number of rotatable bonds is 3. The van der Waals surface area contributed by atoms with E-state index < -0.39 is 5.91 Å². The molecule has 2 N–H and O–H groups in total. The SMILES string of the molecule is CN1CCN(c2ccc(C(N)=O)cn2)CC1c1ccccc1Cl. The summed E-state index contributed by atoms with van der Waals surface area (Å²) in [6.07, 6.45) is 1.53. The Labute approximate surface area is 140 Å². The highest BCUT2D eigenvalue weighted by Crippen LogP contribution is 2.30.